The fourth-order valence-electron chi connectivity index (χ4n) is 2.68. The van der Waals surface area contributed by atoms with Crippen molar-refractivity contribution in [2.75, 3.05) is 19.6 Å². The maximum atomic E-state index is 5.64. The number of hydrogen-bond acceptors (Lipinski definition) is 3. The normalized spacial score (nSPS) is 21.0. The van der Waals surface area contributed by atoms with Crippen molar-refractivity contribution < 1.29 is 4.42 Å². The fourth-order valence-corrected chi connectivity index (χ4v) is 2.68. The second-order valence-corrected chi connectivity index (χ2v) is 5.68. The molecule has 102 valence electrons. The zero-order valence-electron chi connectivity index (χ0n) is 11.9. The van der Waals surface area contributed by atoms with Crippen LogP contribution >= 0.6 is 0 Å². The number of nitrogens with zero attached hydrogens (tertiary/aromatic N) is 1. The molecule has 1 atom stereocenters. The molecule has 1 N–H and O–H groups in total. The Morgan fingerprint density at radius 1 is 1.50 bits per heavy atom. The van der Waals surface area contributed by atoms with Gasteiger partial charge in [-0.1, -0.05) is 20.8 Å². The summed E-state index contributed by atoms with van der Waals surface area (Å²) in [4.78, 5) is 2.53. The Morgan fingerprint density at radius 2 is 2.33 bits per heavy atom. The number of likely N-dealkylation sites (tertiary alicyclic amines) is 1. The molecule has 1 saturated heterocycles. The molecule has 0 aliphatic carbocycles. The Kier molecular flexibility index (Phi) is 4.84. The minimum Gasteiger partial charge on any atom is -0.468 e. The summed E-state index contributed by atoms with van der Waals surface area (Å²) in [5, 5.41) is 3.36. The van der Waals surface area contributed by atoms with E-state index in [0.29, 0.717) is 0 Å². The van der Waals surface area contributed by atoms with E-state index in [2.05, 4.69) is 37.1 Å². The Balaban J connectivity index is 1.88. The van der Waals surface area contributed by atoms with Crippen LogP contribution in [0.4, 0.5) is 0 Å². The third kappa shape index (κ3) is 3.36. The van der Waals surface area contributed by atoms with Crippen LogP contribution in [0.2, 0.25) is 0 Å². The van der Waals surface area contributed by atoms with E-state index in [4.69, 9.17) is 4.42 Å². The van der Waals surface area contributed by atoms with E-state index in [0.717, 1.165) is 37.2 Å². The molecule has 1 aromatic rings. The maximum Gasteiger partial charge on any atom is 0.122 e. The summed E-state index contributed by atoms with van der Waals surface area (Å²) >= 11 is 0. The van der Waals surface area contributed by atoms with Gasteiger partial charge in [-0.2, -0.15) is 0 Å². The van der Waals surface area contributed by atoms with Crippen LogP contribution in [0.1, 0.15) is 38.5 Å². The van der Waals surface area contributed by atoms with Crippen LogP contribution in [0.5, 0.6) is 0 Å². The molecular formula is C15H26N2O. The minimum atomic E-state index is 0.799. The van der Waals surface area contributed by atoms with Crippen LogP contribution in [0.25, 0.3) is 0 Å². The highest BCUT2D eigenvalue weighted by molar-refractivity contribution is 5.17. The van der Waals surface area contributed by atoms with E-state index in [1.165, 1.54) is 25.1 Å². The van der Waals surface area contributed by atoms with E-state index in [-0.39, 0.29) is 0 Å². The first-order valence-corrected chi connectivity index (χ1v) is 7.19. The van der Waals surface area contributed by atoms with E-state index in [9.17, 15) is 0 Å². The third-order valence-corrected chi connectivity index (χ3v) is 4.02. The number of furan rings is 1. The summed E-state index contributed by atoms with van der Waals surface area (Å²) < 4.78 is 5.64. The predicted octanol–water partition coefficient (Wildman–Crippen LogP) is 2.87. The first kappa shape index (κ1) is 13.6. The van der Waals surface area contributed by atoms with Crippen molar-refractivity contribution in [3.05, 3.63) is 23.7 Å². The highest BCUT2D eigenvalue weighted by atomic mass is 16.3. The van der Waals surface area contributed by atoms with E-state index < -0.39 is 0 Å². The molecule has 1 unspecified atom stereocenters. The molecule has 0 amide bonds. The fraction of sp³-hybridized carbons (Fsp3) is 0.733. The van der Waals surface area contributed by atoms with Crippen LogP contribution in [-0.2, 0) is 13.1 Å². The van der Waals surface area contributed by atoms with Crippen LogP contribution < -0.4 is 5.32 Å². The lowest BCUT2D eigenvalue weighted by Crippen LogP contribution is -2.22. The molecule has 0 bridgehead atoms. The van der Waals surface area contributed by atoms with Crippen LogP contribution in [0.15, 0.2) is 16.7 Å². The van der Waals surface area contributed by atoms with E-state index >= 15 is 0 Å². The topological polar surface area (TPSA) is 28.4 Å². The molecule has 3 nitrogen and oxygen atoms in total. The highest BCUT2D eigenvalue weighted by Crippen LogP contribution is 2.25. The summed E-state index contributed by atoms with van der Waals surface area (Å²) in [5.41, 5.74) is 1.31. The van der Waals surface area contributed by atoms with Gasteiger partial charge in [0.25, 0.3) is 0 Å². The van der Waals surface area contributed by atoms with Gasteiger partial charge in [0.05, 0.1) is 12.8 Å². The monoisotopic (exact) mass is 250 g/mol. The summed E-state index contributed by atoms with van der Waals surface area (Å²) in [6.07, 6.45) is 3.15. The number of rotatable bonds is 6. The first-order chi connectivity index (χ1) is 8.70. The van der Waals surface area contributed by atoms with Gasteiger partial charge in [-0.05, 0) is 37.4 Å². The molecule has 2 rings (SSSR count). The van der Waals surface area contributed by atoms with Crippen molar-refractivity contribution in [1.82, 2.24) is 10.2 Å². The molecule has 0 aromatic carbocycles. The van der Waals surface area contributed by atoms with E-state index in [1.807, 2.05) is 6.26 Å². The number of nitrogens with one attached hydrogen (secondary N) is 1. The molecule has 0 saturated carbocycles. The predicted molar refractivity (Wildman–Crippen MR) is 74.3 cm³/mol. The van der Waals surface area contributed by atoms with Gasteiger partial charge in [0.15, 0.2) is 0 Å². The molecule has 3 heteroatoms. The Morgan fingerprint density at radius 3 is 3.00 bits per heavy atom. The molecule has 0 radical (unpaired) electrons. The van der Waals surface area contributed by atoms with Crippen molar-refractivity contribution >= 4 is 0 Å². The zero-order valence-corrected chi connectivity index (χ0v) is 11.9. The Labute approximate surface area is 111 Å². The summed E-state index contributed by atoms with van der Waals surface area (Å²) in [7, 11) is 0. The maximum absolute atomic E-state index is 5.64. The van der Waals surface area contributed by atoms with Crippen LogP contribution in [0, 0.1) is 11.8 Å². The number of hydrogen-bond donors (Lipinski definition) is 1. The van der Waals surface area contributed by atoms with Gasteiger partial charge in [-0.25, -0.2) is 0 Å². The van der Waals surface area contributed by atoms with Gasteiger partial charge in [0, 0.05) is 18.7 Å². The van der Waals surface area contributed by atoms with E-state index in [1.54, 1.807) is 0 Å². The molecule has 2 heterocycles. The van der Waals surface area contributed by atoms with Gasteiger partial charge in [-0.3, -0.25) is 4.90 Å². The molecular weight excluding hydrogens is 224 g/mol. The quantitative estimate of drug-likeness (QED) is 0.841. The molecule has 1 aliphatic rings. The second kappa shape index (κ2) is 6.39. The van der Waals surface area contributed by atoms with Gasteiger partial charge in [0.2, 0.25) is 0 Å². The van der Waals surface area contributed by atoms with Crippen molar-refractivity contribution in [1.29, 1.82) is 0 Å². The standard InChI is InChI=1S/C15H26N2O/c1-4-16-9-13-6-8-18-15(13)11-17-7-5-14(10-17)12(2)3/h6,8,12,14,16H,4-5,7,9-11H2,1-3H3. The Hall–Kier alpha value is -0.800. The third-order valence-electron chi connectivity index (χ3n) is 4.02. The van der Waals surface area contributed by atoms with Crippen LogP contribution in [0.3, 0.4) is 0 Å². The second-order valence-electron chi connectivity index (χ2n) is 5.68. The van der Waals surface area contributed by atoms with Crippen molar-refractivity contribution in [3.8, 4) is 0 Å². The Bertz CT molecular complexity index is 359. The summed E-state index contributed by atoms with van der Waals surface area (Å²) in [6, 6.07) is 2.09. The minimum absolute atomic E-state index is 0.799. The van der Waals surface area contributed by atoms with Gasteiger partial charge >= 0.3 is 0 Å². The molecule has 1 aromatic heterocycles. The lowest BCUT2D eigenvalue weighted by Gasteiger charge is -2.17. The molecule has 0 spiro atoms. The largest absolute Gasteiger partial charge is 0.468 e. The first-order valence-electron chi connectivity index (χ1n) is 7.19. The average Bonchev–Trinajstić information content (AvgIpc) is 2.96. The van der Waals surface area contributed by atoms with Gasteiger partial charge in [-0.15, -0.1) is 0 Å². The molecule has 1 fully saturated rings. The lowest BCUT2D eigenvalue weighted by molar-refractivity contribution is 0.271. The summed E-state index contributed by atoms with van der Waals surface area (Å²) in [6.45, 7) is 12.1. The van der Waals surface area contributed by atoms with Gasteiger partial charge < -0.3 is 9.73 Å². The zero-order chi connectivity index (χ0) is 13.0. The average molecular weight is 250 g/mol. The van der Waals surface area contributed by atoms with Crippen LogP contribution in [-0.4, -0.2) is 24.5 Å². The van der Waals surface area contributed by atoms with Crippen molar-refractivity contribution in [3.63, 3.8) is 0 Å². The van der Waals surface area contributed by atoms with Crippen molar-refractivity contribution in [2.24, 2.45) is 11.8 Å². The lowest BCUT2D eigenvalue weighted by atomic mass is 9.95. The molecule has 18 heavy (non-hydrogen) atoms. The molecule has 1 aliphatic heterocycles. The van der Waals surface area contributed by atoms with Gasteiger partial charge in [0.1, 0.15) is 5.76 Å². The van der Waals surface area contributed by atoms with Crippen molar-refractivity contribution in [2.45, 2.75) is 40.3 Å². The highest BCUT2D eigenvalue weighted by Gasteiger charge is 2.25. The smallest absolute Gasteiger partial charge is 0.122 e. The SMILES string of the molecule is CCNCc1ccoc1CN1CCC(C(C)C)C1. The summed E-state index contributed by atoms with van der Waals surface area (Å²) in [5.74, 6) is 2.80.